The van der Waals surface area contributed by atoms with Crippen LogP contribution in [0.15, 0.2) is 67.1 Å². The van der Waals surface area contributed by atoms with E-state index in [0.717, 1.165) is 69.4 Å². The average molecular weight is 496 g/mol. The summed E-state index contributed by atoms with van der Waals surface area (Å²) in [5.74, 6) is 1.54. The molecule has 1 aliphatic heterocycles. The first-order chi connectivity index (χ1) is 18.2. The highest BCUT2D eigenvalue weighted by Crippen LogP contribution is 2.32. The molecule has 1 fully saturated rings. The largest absolute Gasteiger partial charge is 0.339 e. The fraction of sp³-hybridized carbons (Fsp3) is 0.433. The van der Waals surface area contributed by atoms with E-state index in [1.54, 1.807) is 0 Å². The van der Waals surface area contributed by atoms with Gasteiger partial charge in [-0.15, -0.1) is 0 Å². The number of benzene rings is 1. The molecular weight excluding hydrogens is 458 g/mol. The lowest BCUT2D eigenvalue weighted by Crippen LogP contribution is -2.48. The highest BCUT2D eigenvalue weighted by molar-refractivity contribution is 5.48. The van der Waals surface area contributed by atoms with E-state index in [2.05, 4.69) is 81.7 Å². The second-order valence-electron chi connectivity index (χ2n) is 10.7. The molecule has 0 bridgehead atoms. The minimum absolute atomic E-state index is 0.346. The van der Waals surface area contributed by atoms with Crippen LogP contribution in [0.1, 0.15) is 54.2 Å². The van der Waals surface area contributed by atoms with Crippen LogP contribution >= 0.6 is 0 Å². The minimum Gasteiger partial charge on any atom is -0.339 e. The van der Waals surface area contributed by atoms with E-state index in [0.29, 0.717) is 12.0 Å². The van der Waals surface area contributed by atoms with Crippen LogP contribution in [0, 0.1) is 0 Å². The summed E-state index contributed by atoms with van der Waals surface area (Å²) < 4.78 is 2.18. The molecule has 2 unspecified atom stereocenters. The second-order valence-corrected chi connectivity index (χ2v) is 10.7. The number of aromatic nitrogens is 4. The first-order valence-corrected chi connectivity index (χ1v) is 13.6. The molecule has 0 spiro atoms. The van der Waals surface area contributed by atoms with Gasteiger partial charge < -0.3 is 4.90 Å². The lowest BCUT2D eigenvalue weighted by Gasteiger charge is -2.36. The molecule has 1 aromatic carbocycles. The van der Waals surface area contributed by atoms with Crippen LogP contribution in [0.25, 0.3) is 5.65 Å². The highest BCUT2D eigenvalue weighted by atomic mass is 15.3. The van der Waals surface area contributed by atoms with Gasteiger partial charge in [-0.2, -0.15) is 0 Å². The normalized spacial score (nSPS) is 19.3. The van der Waals surface area contributed by atoms with Crippen molar-refractivity contribution < 1.29 is 0 Å². The van der Waals surface area contributed by atoms with Gasteiger partial charge in [0, 0.05) is 57.9 Å². The van der Waals surface area contributed by atoms with Crippen LogP contribution in [0.2, 0.25) is 0 Å². The zero-order valence-corrected chi connectivity index (χ0v) is 22.0. The van der Waals surface area contributed by atoms with Gasteiger partial charge in [0.25, 0.3) is 0 Å². The van der Waals surface area contributed by atoms with Crippen molar-refractivity contribution in [3.05, 3.63) is 89.6 Å². The van der Waals surface area contributed by atoms with Crippen LogP contribution in [-0.4, -0.2) is 68.9 Å². The molecule has 0 amide bonds. The summed E-state index contributed by atoms with van der Waals surface area (Å²) in [5, 5.41) is 0. The molecule has 2 aliphatic rings. The monoisotopic (exact) mass is 495 g/mol. The maximum Gasteiger partial charge on any atom is 0.211 e. The third-order valence-electron chi connectivity index (χ3n) is 8.08. The molecule has 192 valence electrons. The zero-order valence-electron chi connectivity index (χ0n) is 22.0. The van der Waals surface area contributed by atoms with Crippen LogP contribution < -0.4 is 4.90 Å². The van der Waals surface area contributed by atoms with E-state index in [1.165, 1.54) is 23.2 Å². The van der Waals surface area contributed by atoms with Gasteiger partial charge in [-0.1, -0.05) is 43.3 Å². The number of imidazole rings is 1. The van der Waals surface area contributed by atoms with Crippen LogP contribution in [-0.2, 0) is 13.0 Å². The standard InChI is InChI=1S/C30H37N7/c1-23(24-8-4-3-5-9-24)20-35-16-18-36(19-17-35)30-32-15-13-28-33-26(22-37(28)30)21-34(2)27-12-6-10-25-11-7-14-31-29(25)27/h3-5,7-9,11,13-15,22-23,27H,6,10,12,16-21H2,1-2H3. The minimum atomic E-state index is 0.346. The highest BCUT2D eigenvalue weighted by Gasteiger charge is 2.26. The van der Waals surface area contributed by atoms with E-state index in [9.17, 15) is 0 Å². The summed E-state index contributed by atoms with van der Waals surface area (Å²) in [6.07, 6.45) is 9.50. The lowest BCUT2D eigenvalue weighted by atomic mass is 9.91. The van der Waals surface area contributed by atoms with Crippen LogP contribution in [0.3, 0.4) is 0 Å². The average Bonchev–Trinajstić information content (AvgIpc) is 3.36. The van der Waals surface area contributed by atoms with Gasteiger partial charge in [-0.05, 0) is 55.5 Å². The molecule has 2 atom stereocenters. The summed E-state index contributed by atoms with van der Waals surface area (Å²) in [7, 11) is 2.20. The van der Waals surface area contributed by atoms with Gasteiger partial charge in [-0.3, -0.25) is 19.2 Å². The molecular formula is C30H37N7. The Morgan fingerprint density at radius 2 is 1.81 bits per heavy atom. The summed E-state index contributed by atoms with van der Waals surface area (Å²) >= 11 is 0. The van der Waals surface area contributed by atoms with E-state index in [1.807, 2.05) is 18.5 Å². The molecule has 7 nitrogen and oxygen atoms in total. The van der Waals surface area contributed by atoms with Crippen molar-refractivity contribution in [2.75, 3.05) is 44.7 Å². The molecule has 37 heavy (non-hydrogen) atoms. The number of piperazine rings is 1. The molecule has 1 saturated heterocycles. The van der Waals surface area contributed by atoms with Crippen molar-refractivity contribution in [3.63, 3.8) is 0 Å². The van der Waals surface area contributed by atoms with Crippen molar-refractivity contribution in [1.82, 2.24) is 29.2 Å². The van der Waals surface area contributed by atoms with Crippen LogP contribution in [0.4, 0.5) is 5.95 Å². The topological polar surface area (TPSA) is 52.8 Å². The zero-order chi connectivity index (χ0) is 25.2. The molecule has 4 aromatic rings. The van der Waals surface area contributed by atoms with Crippen LogP contribution in [0.5, 0.6) is 0 Å². The number of aryl methyl sites for hydroxylation is 1. The SMILES string of the molecule is CC(CN1CCN(c2nccc3nc(CN(C)C4CCCc5cccnc54)cn23)CC1)c1ccccc1. The van der Waals surface area contributed by atoms with Crippen molar-refractivity contribution >= 4 is 11.6 Å². The first kappa shape index (κ1) is 24.1. The number of nitrogens with zero attached hydrogens (tertiary/aromatic N) is 7. The molecule has 6 rings (SSSR count). The fourth-order valence-electron chi connectivity index (χ4n) is 6.05. The Morgan fingerprint density at radius 3 is 2.65 bits per heavy atom. The molecule has 0 N–H and O–H groups in total. The lowest BCUT2D eigenvalue weighted by molar-refractivity contribution is 0.206. The number of rotatable bonds is 7. The maximum absolute atomic E-state index is 4.97. The predicted octanol–water partition coefficient (Wildman–Crippen LogP) is 4.56. The number of pyridine rings is 1. The Hall–Kier alpha value is -3.29. The van der Waals surface area contributed by atoms with Gasteiger partial charge in [0.15, 0.2) is 0 Å². The summed E-state index contributed by atoms with van der Waals surface area (Å²) in [6, 6.07) is 17.5. The van der Waals surface area contributed by atoms with Crippen molar-refractivity contribution in [3.8, 4) is 0 Å². The molecule has 0 radical (unpaired) electrons. The van der Waals surface area contributed by atoms with Crippen molar-refractivity contribution in [2.45, 2.75) is 44.7 Å². The molecule has 4 heterocycles. The maximum atomic E-state index is 4.97. The smallest absolute Gasteiger partial charge is 0.211 e. The van der Waals surface area contributed by atoms with E-state index in [-0.39, 0.29) is 0 Å². The number of anilines is 1. The Kier molecular flexibility index (Phi) is 6.89. The third kappa shape index (κ3) is 5.11. The van der Waals surface area contributed by atoms with Gasteiger partial charge in [0.05, 0.1) is 17.4 Å². The van der Waals surface area contributed by atoms with Gasteiger partial charge in [-0.25, -0.2) is 9.97 Å². The van der Waals surface area contributed by atoms with Gasteiger partial charge in [0.2, 0.25) is 5.95 Å². The van der Waals surface area contributed by atoms with Gasteiger partial charge >= 0.3 is 0 Å². The van der Waals surface area contributed by atoms with E-state index >= 15 is 0 Å². The van der Waals surface area contributed by atoms with Crippen molar-refractivity contribution in [2.24, 2.45) is 0 Å². The Balaban J connectivity index is 1.12. The fourth-order valence-corrected chi connectivity index (χ4v) is 6.05. The van der Waals surface area contributed by atoms with Gasteiger partial charge in [0.1, 0.15) is 5.65 Å². The second kappa shape index (κ2) is 10.6. The molecule has 1 aliphatic carbocycles. The van der Waals surface area contributed by atoms with Crippen molar-refractivity contribution in [1.29, 1.82) is 0 Å². The molecule has 3 aromatic heterocycles. The Labute approximate surface area is 219 Å². The summed E-state index contributed by atoms with van der Waals surface area (Å²) in [5.41, 5.74) is 6.09. The first-order valence-electron chi connectivity index (χ1n) is 13.6. The molecule has 0 saturated carbocycles. The predicted molar refractivity (Wildman–Crippen MR) is 148 cm³/mol. The number of fused-ring (bicyclic) bond motifs is 2. The van der Waals surface area contributed by atoms with E-state index in [4.69, 9.17) is 15.0 Å². The summed E-state index contributed by atoms with van der Waals surface area (Å²) in [6.45, 7) is 8.28. The Morgan fingerprint density at radius 1 is 0.973 bits per heavy atom. The van der Waals surface area contributed by atoms with E-state index < -0.39 is 0 Å². The number of hydrogen-bond acceptors (Lipinski definition) is 6. The summed E-state index contributed by atoms with van der Waals surface area (Å²) in [4.78, 5) is 21.9. The third-order valence-corrected chi connectivity index (χ3v) is 8.08. The molecule has 7 heteroatoms. The Bertz CT molecular complexity index is 1330. The number of hydrogen-bond donors (Lipinski definition) is 0. The quantitative estimate of drug-likeness (QED) is 0.375.